The minimum Gasteiger partial charge on any atom is -0.308 e. The maximum atomic E-state index is 11.3. The van der Waals surface area contributed by atoms with Gasteiger partial charge in [0.2, 0.25) is 0 Å². The summed E-state index contributed by atoms with van der Waals surface area (Å²) < 4.78 is 22.5. The van der Waals surface area contributed by atoms with E-state index in [9.17, 15) is 8.42 Å². The average Bonchev–Trinajstić information content (AvgIpc) is 2.81. The lowest BCUT2D eigenvalue weighted by atomic mass is 10.2. The first-order valence-corrected chi connectivity index (χ1v) is 8.10. The summed E-state index contributed by atoms with van der Waals surface area (Å²) in [5.74, 6) is 0.611. The molecule has 2 rings (SSSR count). The lowest BCUT2D eigenvalue weighted by Crippen LogP contribution is -2.29. The second-order valence-electron chi connectivity index (χ2n) is 4.05. The summed E-state index contributed by atoms with van der Waals surface area (Å²) in [5.41, 5.74) is 0. The van der Waals surface area contributed by atoms with Gasteiger partial charge in [0.1, 0.15) is 0 Å². The standard InChI is InChI=1S/C10H16N2O2S2/c1-2-10-12-6-9(15-10)5-11-8-3-4-16(13,14)7-8/h6,8,11H,2-5,7H2,1H3. The Kier molecular flexibility index (Phi) is 3.61. The van der Waals surface area contributed by atoms with Crippen LogP contribution in [0.25, 0.3) is 0 Å². The highest BCUT2D eigenvalue weighted by Gasteiger charge is 2.27. The molecule has 0 amide bonds. The molecule has 1 aromatic heterocycles. The first-order valence-electron chi connectivity index (χ1n) is 5.46. The van der Waals surface area contributed by atoms with Crippen molar-refractivity contribution >= 4 is 21.2 Å². The molecular weight excluding hydrogens is 244 g/mol. The van der Waals surface area contributed by atoms with Crippen molar-refractivity contribution in [3.05, 3.63) is 16.1 Å². The van der Waals surface area contributed by atoms with Gasteiger partial charge in [-0.2, -0.15) is 0 Å². The Morgan fingerprint density at radius 2 is 2.44 bits per heavy atom. The lowest BCUT2D eigenvalue weighted by Gasteiger charge is -2.08. The zero-order chi connectivity index (χ0) is 11.6. The summed E-state index contributed by atoms with van der Waals surface area (Å²) in [6, 6.07) is 0.122. The molecule has 1 unspecified atom stereocenters. The predicted molar refractivity (Wildman–Crippen MR) is 65.4 cm³/mol. The second-order valence-corrected chi connectivity index (χ2v) is 7.48. The summed E-state index contributed by atoms with van der Waals surface area (Å²) in [6.45, 7) is 2.82. The van der Waals surface area contributed by atoms with Gasteiger partial charge >= 0.3 is 0 Å². The first kappa shape index (κ1) is 12.0. The topological polar surface area (TPSA) is 59.1 Å². The molecule has 2 heterocycles. The number of aryl methyl sites for hydroxylation is 1. The summed E-state index contributed by atoms with van der Waals surface area (Å²) in [6.07, 6.45) is 3.57. The van der Waals surface area contributed by atoms with Crippen molar-refractivity contribution in [1.82, 2.24) is 10.3 Å². The Hall–Kier alpha value is -0.460. The zero-order valence-electron chi connectivity index (χ0n) is 9.27. The van der Waals surface area contributed by atoms with Gasteiger partial charge in [-0.1, -0.05) is 6.92 Å². The van der Waals surface area contributed by atoms with Crippen molar-refractivity contribution in [3.63, 3.8) is 0 Å². The molecule has 16 heavy (non-hydrogen) atoms. The Morgan fingerprint density at radius 3 is 3.00 bits per heavy atom. The van der Waals surface area contributed by atoms with E-state index in [2.05, 4.69) is 17.2 Å². The van der Waals surface area contributed by atoms with Gasteiger partial charge in [-0.25, -0.2) is 13.4 Å². The van der Waals surface area contributed by atoms with E-state index in [4.69, 9.17) is 0 Å². The molecule has 1 fully saturated rings. The van der Waals surface area contributed by atoms with E-state index in [0.29, 0.717) is 5.75 Å². The van der Waals surface area contributed by atoms with Gasteiger partial charge in [0.15, 0.2) is 9.84 Å². The third kappa shape index (κ3) is 3.02. The molecule has 6 heteroatoms. The number of nitrogens with zero attached hydrogens (tertiary/aromatic N) is 1. The van der Waals surface area contributed by atoms with Gasteiger partial charge in [0.25, 0.3) is 0 Å². The number of rotatable bonds is 4. The van der Waals surface area contributed by atoms with Gasteiger partial charge < -0.3 is 5.32 Å². The maximum absolute atomic E-state index is 11.3. The van der Waals surface area contributed by atoms with E-state index in [1.807, 2.05) is 6.20 Å². The van der Waals surface area contributed by atoms with Gasteiger partial charge in [-0.05, 0) is 12.8 Å². The number of hydrogen-bond acceptors (Lipinski definition) is 5. The highest BCUT2D eigenvalue weighted by atomic mass is 32.2. The summed E-state index contributed by atoms with van der Waals surface area (Å²) in [5, 5.41) is 4.42. The van der Waals surface area contributed by atoms with Crippen LogP contribution in [-0.2, 0) is 22.8 Å². The zero-order valence-corrected chi connectivity index (χ0v) is 10.9. The van der Waals surface area contributed by atoms with Gasteiger partial charge in [0.05, 0.1) is 16.5 Å². The molecular formula is C10H16N2O2S2. The van der Waals surface area contributed by atoms with Crippen LogP contribution in [0, 0.1) is 0 Å². The van der Waals surface area contributed by atoms with E-state index >= 15 is 0 Å². The van der Waals surface area contributed by atoms with Gasteiger partial charge in [-0.3, -0.25) is 0 Å². The minimum absolute atomic E-state index is 0.122. The number of sulfone groups is 1. The van der Waals surface area contributed by atoms with Crippen LogP contribution >= 0.6 is 11.3 Å². The molecule has 1 atom stereocenters. The van der Waals surface area contributed by atoms with Crippen LogP contribution in [0.4, 0.5) is 0 Å². The summed E-state index contributed by atoms with van der Waals surface area (Å²) in [4.78, 5) is 5.45. The SMILES string of the molecule is CCc1ncc(CNC2CCS(=O)(=O)C2)s1. The first-order chi connectivity index (χ1) is 7.59. The van der Waals surface area contributed by atoms with E-state index < -0.39 is 9.84 Å². The molecule has 4 nitrogen and oxygen atoms in total. The Morgan fingerprint density at radius 1 is 1.62 bits per heavy atom. The molecule has 1 N–H and O–H groups in total. The number of nitrogens with one attached hydrogen (secondary N) is 1. The second kappa shape index (κ2) is 4.81. The monoisotopic (exact) mass is 260 g/mol. The molecule has 1 aliphatic heterocycles. The maximum Gasteiger partial charge on any atom is 0.151 e. The van der Waals surface area contributed by atoms with Gasteiger partial charge in [0, 0.05) is 23.7 Å². The van der Waals surface area contributed by atoms with Crippen molar-refractivity contribution in [2.45, 2.75) is 32.4 Å². The fourth-order valence-electron chi connectivity index (χ4n) is 1.79. The quantitative estimate of drug-likeness (QED) is 0.877. The molecule has 1 aliphatic rings. The summed E-state index contributed by atoms with van der Waals surface area (Å²) >= 11 is 1.69. The fourth-order valence-corrected chi connectivity index (χ4v) is 4.32. The molecule has 0 spiro atoms. The van der Waals surface area contributed by atoms with E-state index in [-0.39, 0.29) is 11.8 Å². The third-order valence-corrected chi connectivity index (χ3v) is 5.61. The van der Waals surface area contributed by atoms with Crippen LogP contribution in [0.5, 0.6) is 0 Å². The normalized spacial score (nSPS) is 23.7. The van der Waals surface area contributed by atoms with Gasteiger partial charge in [-0.15, -0.1) is 11.3 Å². The molecule has 0 aromatic carbocycles. The van der Waals surface area contributed by atoms with Crippen LogP contribution in [0.15, 0.2) is 6.20 Å². The van der Waals surface area contributed by atoms with Crippen molar-refractivity contribution in [1.29, 1.82) is 0 Å². The Bertz CT molecular complexity index is 453. The van der Waals surface area contributed by atoms with Crippen molar-refractivity contribution in [2.75, 3.05) is 11.5 Å². The fraction of sp³-hybridized carbons (Fsp3) is 0.700. The van der Waals surface area contributed by atoms with E-state index in [0.717, 1.165) is 24.4 Å². The van der Waals surface area contributed by atoms with Crippen LogP contribution < -0.4 is 5.32 Å². The number of hydrogen-bond donors (Lipinski definition) is 1. The molecule has 90 valence electrons. The molecule has 1 aromatic rings. The lowest BCUT2D eigenvalue weighted by molar-refractivity contribution is 0.557. The number of thiazole rings is 1. The van der Waals surface area contributed by atoms with Crippen LogP contribution in [0.1, 0.15) is 23.2 Å². The molecule has 0 bridgehead atoms. The van der Waals surface area contributed by atoms with Crippen molar-refractivity contribution in [3.8, 4) is 0 Å². The largest absolute Gasteiger partial charge is 0.308 e. The highest BCUT2D eigenvalue weighted by molar-refractivity contribution is 7.91. The highest BCUT2D eigenvalue weighted by Crippen LogP contribution is 2.15. The predicted octanol–water partition coefficient (Wildman–Crippen LogP) is 0.982. The third-order valence-electron chi connectivity index (χ3n) is 2.70. The summed E-state index contributed by atoms with van der Waals surface area (Å²) in [7, 11) is -2.77. The van der Waals surface area contributed by atoms with E-state index in [1.165, 1.54) is 4.88 Å². The Labute approximate surface area is 100 Å². The van der Waals surface area contributed by atoms with Crippen LogP contribution in [0.2, 0.25) is 0 Å². The molecule has 0 aliphatic carbocycles. The van der Waals surface area contributed by atoms with Crippen LogP contribution in [0.3, 0.4) is 0 Å². The average molecular weight is 260 g/mol. The molecule has 0 radical (unpaired) electrons. The van der Waals surface area contributed by atoms with Crippen molar-refractivity contribution in [2.24, 2.45) is 0 Å². The van der Waals surface area contributed by atoms with Crippen molar-refractivity contribution < 1.29 is 8.42 Å². The smallest absolute Gasteiger partial charge is 0.151 e. The minimum atomic E-state index is -2.77. The Balaban J connectivity index is 1.84. The van der Waals surface area contributed by atoms with E-state index in [1.54, 1.807) is 11.3 Å². The molecule has 0 saturated carbocycles. The molecule has 1 saturated heterocycles. The van der Waals surface area contributed by atoms with Crippen LogP contribution in [-0.4, -0.2) is 30.9 Å². The number of aromatic nitrogens is 1.